The second kappa shape index (κ2) is 3.64. The van der Waals surface area contributed by atoms with Gasteiger partial charge in [0.25, 0.3) is 0 Å². The van der Waals surface area contributed by atoms with Gasteiger partial charge in [0, 0.05) is 5.69 Å². The van der Waals surface area contributed by atoms with E-state index < -0.39 is 0 Å². The van der Waals surface area contributed by atoms with Crippen LogP contribution in [0.3, 0.4) is 0 Å². The molecule has 1 aliphatic carbocycles. The molecule has 0 saturated carbocycles. The van der Waals surface area contributed by atoms with Gasteiger partial charge in [-0.1, -0.05) is 26.0 Å². The smallest absolute Gasteiger partial charge is 0.0349 e. The Morgan fingerprint density at radius 1 is 1.43 bits per heavy atom. The minimum atomic E-state index is 0.758. The maximum atomic E-state index is 5.96. The molecular formula is C13H19N. The maximum absolute atomic E-state index is 5.96. The summed E-state index contributed by atoms with van der Waals surface area (Å²) in [7, 11) is 0. The van der Waals surface area contributed by atoms with E-state index in [1.807, 2.05) is 6.07 Å². The van der Waals surface area contributed by atoms with Gasteiger partial charge in [-0.2, -0.15) is 0 Å². The van der Waals surface area contributed by atoms with Crippen LogP contribution in [0, 0.1) is 5.92 Å². The van der Waals surface area contributed by atoms with Gasteiger partial charge in [0.15, 0.2) is 0 Å². The van der Waals surface area contributed by atoms with Crippen LogP contribution >= 0.6 is 0 Å². The molecule has 0 radical (unpaired) electrons. The first-order valence-corrected chi connectivity index (χ1v) is 5.55. The number of nitrogens with two attached hydrogens (primary N) is 1. The molecule has 0 bridgehead atoms. The van der Waals surface area contributed by atoms with Crippen LogP contribution in [0.25, 0.3) is 0 Å². The first kappa shape index (κ1) is 9.57. The van der Waals surface area contributed by atoms with E-state index >= 15 is 0 Å². The Morgan fingerprint density at radius 3 is 2.93 bits per heavy atom. The summed E-state index contributed by atoms with van der Waals surface area (Å²) in [6, 6.07) is 6.37. The summed E-state index contributed by atoms with van der Waals surface area (Å²) in [4.78, 5) is 0. The number of hydrogen-bond donors (Lipinski definition) is 1. The van der Waals surface area contributed by atoms with Crippen LogP contribution in [-0.2, 0) is 6.42 Å². The minimum absolute atomic E-state index is 0.758. The highest BCUT2D eigenvalue weighted by atomic mass is 14.6. The molecule has 0 saturated heterocycles. The molecule has 0 spiro atoms. The van der Waals surface area contributed by atoms with E-state index in [0.29, 0.717) is 0 Å². The van der Waals surface area contributed by atoms with Gasteiger partial charge in [-0.15, -0.1) is 0 Å². The molecular weight excluding hydrogens is 170 g/mol. The lowest BCUT2D eigenvalue weighted by atomic mass is 9.92. The molecule has 1 nitrogen and oxygen atoms in total. The van der Waals surface area contributed by atoms with Crippen LogP contribution < -0.4 is 5.73 Å². The quantitative estimate of drug-likeness (QED) is 0.709. The highest BCUT2D eigenvalue weighted by molar-refractivity contribution is 5.54. The SMILES string of the molecule is CC(C)C[C@H]1CCc2c(N)cccc21. The standard InChI is InChI=1S/C13H19N/c1-9(2)8-10-6-7-12-11(10)4-3-5-13(12)14/h3-5,9-10H,6-8,14H2,1-2H3/t10-/m1/s1. The predicted molar refractivity (Wildman–Crippen MR) is 61.4 cm³/mol. The van der Waals surface area contributed by atoms with Crippen LogP contribution in [0.5, 0.6) is 0 Å². The summed E-state index contributed by atoms with van der Waals surface area (Å²) in [6.07, 6.45) is 3.78. The molecule has 1 atom stereocenters. The molecule has 14 heavy (non-hydrogen) atoms. The lowest BCUT2D eigenvalue weighted by molar-refractivity contribution is 0.497. The average Bonchev–Trinajstić information content (AvgIpc) is 2.49. The van der Waals surface area contributed by atoms with Gasteiger partial charge in [0.1, 0.15) is 0 Å². The highest BCUT2D eigenvalue weighted by Gasteiger charge is 2.24. The van der Waals surface area contributed by atoms with Gasteiger partial charge in [0.05, 0.1) is 0 Å². The fraction of sp³-hybridized carbons (Fsp3) is 0.538. The Kier molecular flexibility index (Phi) is 2.49. The number of fused-ring (bicyclic) bond motifs is 1. The van der Waals surface area contributed by atoms with Crippen molar-refractivity contribution in [2.24, 2.45) is 5.92 Å². The van der Waals surface area contributed by atoms with E-state index in [0.717, 1.165) is 17.5 Å². The van der Waals surface area contributed by atoms with Crippen molar-refractivity contribution in [3.63, 3.8) is 0 Å². The molecule has 1 aliphatic rings. The zero-order valence-corrected chi connectivity index (χ0v) is 9.09. The maximum Gasteiger partial charge on any atom is 0.0349 e. The van der Waals surface area contributed by atoms with Crippen molar-refractivity contribution in [2.45, 2.75) is 39.0 Å². The van der Waals surface area contributed by atoms with Gasteiger partial charge in [-0.25, -0.2) is 0 Å². The number of anilines is 1. The zero-order chi connectivity index (χ0) is 10.1. The Balaban J connectivity index is 2.26. The monoisotopic (exact) mass is 189 g/mol. The van der Waals surface area contributed by atoms with Crippen LogP contribution in [0.1, 0.15) is 43.7 Å². The molecule has 0 fully saturated rings. The zero-order valence-electron chi connectivity index (χ0n) is 9.09. The van der Waals surface area contributed by atoms with Gasteiger partial charge in [-0.3, -0.25) is 0 Å². The molecule has 0 unspecified atom stereocenters. The molecule has 0 aliphatic heterocycles. The number of rotatable bonds is 2. The summed E-state index contributed by atoms with van der Waals surface area (Å²) in [5, 5.41) is 0. The topological polar surface area (TPSA) is 26.0 Å². The van der Waals surface area contributed by atoms with E-state index in [1.165, 1.54) is 30.4 Å². The lowest BCUT2D eigenvalue weighted by Gasteiger charge is -2.14. The van der Waals surface area contributed by atoms with E-state index in [9.17, 15) is 0 Å². The van der Waals surface area contributed by atoms with Gasteiger partial charge in [-0.05, 0) is 48.3 Å². The van der Waals surface area contributed by atoms with Crippen molar-refractivity contribution >= 4 is 5.69 Å². The molecule has 2 rings (SSSR count). The fourth-order valence-electron chi connectivity index (χ4n) is 2.58. The third-order valence-corrected chi connectivity index (χ3v) is 3.19. The summed E-state index contributed by atoms with van der Waals surface area (Å²) in [5.41, 5.74) is 9.89. The van der Waals surface area contributed by atoms with Crippen molar-refractivity contribution in [3.8, 4) is 0 Å². The van der Waals surface area contributed by atoms with Crippen molar-refractivity contribution < 1.29 is 0 Å². The van der Waals surface area contributed by atoms with Crippen LogP contribution in [0.4, 0.5) is 5.69 Å². The molecule has 1 aromatic carbocycles. The third-order valence-electron chi connectivity index (χ3n) is 3.19. The minimum Gasteiger partial charge on any atom is -0.398 e. The Morgan fingerprint density at radius 2 is 2.21 bits per heavy atom. The third kappa shape index (κ3) is 1.63. The van der Waals surface area contributed by atoms with E-state index in [2.05, 4.69) is 26.0 Å². The van der Waals surface area contributed by atoms with Crippen molar-refractivity contribution in [1.29, 1.82) is 0 Å². The van der Waals surface area contributed by atoms with E-state index in [-0.39, 0.29) is 0 Å². The van der Waals surface area contributed by atoms with Crippen molar-refractivity contribution in [3.05, 3.63) is 29.3 Å². The number of hydrogen-bond acceptors (Lipinski definition) is 1. The fourth-order valence-corrected chi connectivity index (χ4v) is 2.58. The Labute approximate surface area is 86.3 Å². The molecule has 1 heteroatoms. The highest BCUT2D eigenvalue weighted by Crippen LogP contribution is 2.39. The average molecular weight is 189 g/mol. The first-order chi connectivity index (χ1) is 6.68. The molecule has 0 aromatic heterocycles. The first-order valence-electron chi connectivity index (χ1n) is 5.55. The number of benzene rings is 1. The van der Waals surface area contributed by atoms with Crippen molar-refractivity contribution in [2.75, 3.05) is 5.73 Å². The van der Waals surface area contributed by atoms with Crippen molar-refractivity contribution in [1.82, 2.24) is 0 Å². The van der Waals surface area contributed by atoms with Crippen LogP contribution in [0.2, 0.25) is 0 Å². The van der Waals surface area contributed by atoms with Gasteiger partial charge in [0.2, 0.25) is 0 Å². The summed E-state index contributed by atoms with van der Waals surface area (Å²) < 4.78 is 0. The molecule has 0 amide bonds. The van der Waals surface area contributed by atoms with E-state index in [1.54, 1.807) is 0 Å². The predicted octanol–water partition coefficient (Wildman–Crippen LogP) is 3.34. The second-order valence-electron chi connectivity index (χ2n) is 4.78. The summed E-state index contributed by atoms with van der Waals surface area (Å²) in [5.74, 6) is 1.54. The van der Waals surface area contributed by atoms with Crippen LogP contribution in [-0.4, -0.2) is 0 Å². The Hall–Kier alpha value is -0.980. The second-order valence-corrected chi connectivity index (χ2v) is 4.78. The molecule has 0 heterocycles. The molecule has 76 valence electrons. The largest absolute Gasteiger partial charge is 0.398 e. The lowest BCUT2D eigenvalue weighted by Crippen LogP contribution is -1.99. The molecule has 2 N–H and O–H groups in total. The van der Waals surface area contributed by atoms with Gasteiger partial charge < -0.3 is 5.73 Å². The number of nitrogen functional groups attached to an aromatic ring is 1. The Bertz CT molecular complexity index is 328. The summed E-state index contributed by atoms with van der Waals surface area (Å²) >= 11 is 0. The van der Waals surface area contributed by atoms with Gasteiger partial charge >= 0.3 is 0 Å². The summed E-state index contributed by atoms with van der Waals surface area (Å²) in [6.45, 7) is 4.59. The normalized spacial score (nSPS) is 20.1. The van der Waals surface area contributed by atoms with Crippen LogP contribution in [0.15, 0.2) is 18.2 Å². The molecule has 1 aromatic rings. The van der Waals surface area contributed by atoms with E-state index in [4.69, 9.17) is 5.73 Å².